The first-order valence-electron chi connectivity index (χ1n) is 5.65. The molecule has 0 bridgehead atoms. The van der Waals surface area contributed by atoms with Gasteiger partial charge >= 0.3 is 6.18 Å². The number of nitrogens with two attached hydrogens (primary N) is 1. The number of methoxy groups -OCH3 is 1. The van der Waals surface area contributed by atoms with Crippen molar-refractivity contribution >= 4 is 11.6 Å². The van der Waals surface area contributed by atoms with E-state index < -0.39 is 11.6 Å². The van der Waals surface area contributed by atoms with Crippen LogP contribution in [0, 0.1) is 0 Å². The Balaban J connectivity index is 2.32. The second-order valence-corrected chi connectivity index (χ2v) is 4.57. The number of aromatic nitrogens is 3. The predicted molar refractivity (Wildman–Crippen MR) is 60.9 cm³/mol. The van der Waals surface area contributed by atoms with Gasteiger partial charge in [-0.1, -0.05) is 0 Å². The summed E-state index contributed by atoms with van der Waals surface area (Å²) in [4.78, 5) is 3.88. The van der Waals surface area contributed by atoms with Crippen molar-refractivity contribution in [3.63, 3.8) is 0 Å². The lowest BCUT2D eigenvalue weighted by Crippen LogP contribution is -2.31. The molecule has 0 unspecified atom stereocenters. The molecule has 102 valence electrons. The fourth-order valence-electron chi connectivity index (χ4n) is 2.33. The molecule has 8 heteroatoms. The minimum absolute atomic E-state index is 0.0196. The summed E-state index contributed by atoms with van der Waals surface area (Å²) in [5.74, 6) is 0.0831. The van der Waals surface area contributed by atoms with E-state index in [1.54, 1.807) is 0 Å². The summed E-state index contributed by atoms with van der Waals surface area (Å²) in [6.45, 7) is 0. The van der Waals surface area contributed by atoms with Gasteiger partial charge in [-0.3, -0.25) is 0 Å². The summed E-state index contributed by atoms with van der Waals surface area (Å²) in [5.41, 5.74) is 3.81. The third kappa shape index (κ3) is 1.55. The Morgan fingerprint density at radius 1 is 1.37 bits per heavy atom. The zero-order valence-corrected chi connectivity index (χ0v) is 10.0. The second kappa shape index (κ2) is 3.52. The highest BCUT2D eigenvalue weighted by molar-refractivity contribution is 5.51. The monoisotopic (exact) mass is 272 g/mol. The molecule has 2 aromatic heterocycles. The summed E-state index contributed by atoms with van der Waals surface area (Å²) in [5, 5.41) is 3.84. The Morgan fingerprint density at radius 3 is 2.58 bits per heavy atom. The number of anilines is 1. The van der Waals surface area contributed by atoms with E-state index in [4.69, 9.17) is 10.5 Å². The van der Waals surface area contributed by atoms with E-state index in [1.165, 1.54) is 19.2 Å². The van der Waals surface area contributed by atoms with Gasteiger partial charge in [0.1, 0.15) is 16.9 Å². The average Bonchev–Trinajstić information content (AvgIpc) is 3.04. The Bertz CT molecular complexity index is 645. The summed E-state index contributed by atoms with van der Waals surface area (Å²) in [7, 11) is 1.33. The molecule has 2 heterocycles. The zero-order valence-electron chi connectivity index (χ0n) is 10.0. The van der Waals surface area contributed by atoms with Crippen LogP contribution in [0.2, 0.25) is 0 Å². The quantitative estimate of drug-likeness (QED) is 0.907. The molecule has 2 aromatic rings. The minimum Gasteiger partial charge on any atom is -0.495 e. The molecule has 3 rings (SSSR count). The van der Waals surface area contributed by atoms with Crippen LogP contribution < -0.4 is 10.5 Å². The smallest absolute Gasteiger partial charge is 0.400 e. The van der Waals surface area contributed by atoms with Gasteiger partial charge in [0.15, 0.2) is 5.65 Å². The van der Waals surface area contributed by atoms with Crippen molar-refractivity contribution in [2.24, 2.45) is 0 Å². The van der Waals surface area contributed by atoms with Crippen LogP contribution in [0.15, 0.2) is 12.1 Å². The van der Waals surface area contributed by atoms with E-state index in [0.717, 1.165) is 4.52 Å². The lowest BCUT2D eigenvalue weighted by molar-refractivity contribution is -0.162. The first-order valence-corrected chi connectivity index (χ1v) is 5.65. The predicted octanol–water partition coefficient (Wildman–Crippen LogP) is 1.91. The van der Waals surface area contributed by atoms with Crippen molar-refractivity contribution in [2.45, 2.75) is 24.4 Å². The molecular weight excluding hydrogens is 261 g/mol. The van der Waals surface area contributed by atoms with Gasteiger partial charge in [-0.25, -0.2) is 4.52 Å². The third-order valence-electron chi connectivity index (χ3n) is 3.44. The third-order valence-corrected chi connectivity index (χ3v) is 3.44. The van der Waals surface area contributed by atoms with Crippen LogP contribution in [-0.4, -0.2) is 27.9 Å². The maximum atomic E-state index is 13.3. The maximum absolute atomic E-state index is 13.3. The minimum atomic E-state index is -4.35. The van der Waals surface area contributed by atoms with E-state index in [-0.39, 0.29) is 35.9 Å². The van der Waals surface area contributed by atoms with Crippen LogP contribution in [0.5, 0.6) is 5.75 Å². The molecule has 1 aliphatic carbocycles. The van der Waals surface area contributed by atoms with Crippen LogP contribution in [0.3, 0.4) is 0 Å². The highest BCUT2D eigenvalue weighted by Gasteiger charge is 2.66. The van der Waals surface area contributed by atoms with Crippen LogP contribution in [0.1, 0.15) is 18.5 Å². The topological polar surface area (TPSA) is 65.4 Å². The van der Waals surface area contributed by atoms with Crippen molar-refractivity contribution in [1.29, 1.82) is 0 Å². The highest BCUT2D eigenvalue weighted by atomic mass is 19.4. The number of nitrogen functional groups attached to an aromatic ring is 1. The Morgan fingerprint density at radius 2 is 2.05 bits per heavy atom. The molecule has 0 saturated heterocycles. The SMILES string of the molecule is COc1ccc2nc(N)nn2c1C1(C(F)(F)F)CC1. The van der Waals surface area contributed by atoms with E-state index in [0.29, 0.717) is 0 Å². The van der Waals surface area contributed by atoms with Crippen molar-refractivity contribution < 1.29 is 17.9 Å². The van der Waals surface area contributed by atoms with Crippen LogP contribution in [0.25, 0.3) is 5.65 Å². The highest BCUT2D eigenvalue weighted by Crippen LogP contribution is 2.60. The van der Waals surface area contributed by atoms with Gasteiger partial charge in [0.2, 0.25) is 5.95 Å². The normalized spacial score (nSPS) is 17.7. The lowest BCUT2D eigenvalue weighted by Gasteiger charge is -2.22. The molecule has 0 radical (unpaired) electrons. The van der Waals surface area contributed by atoms with Gasteiger partial charge in [-0.15, -0.1) is 5.10 Å². The van der Waals surface area contributed by atoms with Gasteiger partial charge in [0.25, 0.3) is 0 Å². The zero-order chi connectivity index (χ0) is 13.8. The van der Waals surface area contributed by atoms with Crippen LogP contribution in [0.4, 0.5) is 19.1 Å². The fourth-order valence-corrected chi connectivity index (χ4v) is 2.33. The molecule has 1 saturated carbocycles. The van der Waals surface area contributed by atoms with E-state index in [9.17, 15) is 13.2 Å². The summed E-state index contributed by atoms with van der Waals surface area (Å²) >= 11 is 0. The Kier molecular flexibility index (Phi) is 2.24. The second-order valence-electron chi connectivity index (χ2n) is 4.57. The van der Waals surface area contributed by atoms with Crippen molar-refractivity contribution in [3.8, 4) is 5.75 Å². The number of alkyl halides is 3. The van der Waals surface area contributed by atoms with Crippen LogP contribution in [-0.2, 0) is 5.41 Å². The van der Waals surface area contributed by atoms with Crippen molar-refractivity contribution in [1.82, 2.24) is 14.6 Å². The molecule has 0 atom stereocenters. The number of ether oxygens (including phenoxy) is 1. The number of hydrogen-bond donors (Lipinski definition) is 1. The van der Waals surface area contributed by atoms with E-state index in [1.807, 2.05) is 0 Å². The molecule has 1 fully saturated rings. The summed E-state index contributed by atoms with van der Waals surface area (Å²) in [6, 6.07) is 2.99. The average molecular weight is 272 g/mol. The molecule has 1 aliphatic rings. The number of nitrogens with zero attached hydrogens (tertiary/aromatic N) is 3. The molecule has 5 nitrogen and oxygen atoms in total. The standard InChI is InChI=1S/C11H11F3N4O/c1-19-6-2-3-7-16-9(15)17-18(7)8(6)10(4-5-10)11(12,13)14/h2-3H,4-5H2,1H3,(H2,15,17). The number of halogens is 3. The summed E-state index contributed by atoms with van der Waals surface area (Å²) < 4.78 is 46.0. The number of pyridine rings is 1. The molecule has 0 spiro atoms. The van der Waals surface area contributed by atoms with Crippen molar-refractivity contribution in [3.05, 3.63) is 17.8 Å². The number of fused-ring (bicyclic) bond motifs is 1. The van der Waals surface area contributed by atoms with Gasteiger partial charge in [-0.2, -0.15) is 18.2 Å². The molecule has 19 heavy (non-hydrogen) atoms. The Labute approximate surface area is 106 Å². The first-order chi connectivity index (χ1) is 8.89. The number of hydrogen-bond acceptors (Lipinski definition) is 4. The molecule has 0 aromatic carbocycles. The fraction of sp³-hybridized carbons (Fsp3) is 0.455. The maximum Gasteiger partial charge on any atom is 0.400 e. The van der Waals surface area contributed by atoms with E-state index in [2.05, 4.69) is 10.1 Å². The van der Waals surface area contributed by atoms with Gasteiger partial charge in [-0.05, 0) is 25.0 Å². The summed E-state index contributed by atoms with van der Waals surface area (Å²) in [6.07, 6.45) is -4.31. The lowest BCUT2D eigenvalue weighted by atomic mass is 10.00. The van der Waals surface area contributed by atoms with Gasteiger partial charge in [0, 0.05) is 0 Å². The molecule has 2 N–H and O–H groups in total. The van der Waals surface area contributed by atoms with Crippen molar-refractivity contribution in [2.75, 3.05) is 12.8 Å². The Hall–Kier alpha value is -1.99. The molecule has 0 amide bonds. The molecular formula is C11H11F3N4O. The van der Waals surface area contributed by atoms with Crippen LogP contribution >= 0.6 is 0 Å². The van der Waals surface area contributed by atoms with Gasteiger partial charge in [0.05, 0.1) is 7.11 Å². The number of rotatable bonds is 2. The largest absolute Gasteiger partial charge is 0.495 e. The first kappa shape index (κ1) is 12.1. The van der Waals surface area contributed by atoms with Gasteiger partial charge < -0.3 is 10.5 Å². The molecule has 0 aliphatic heterocycles. The van der Waals surface area contributed by atoms with E-state index >= 15 is 0 Å².